The largest absolute Gasteiger partial charge is 0.0622 e. The van der Waals surface area contributed by atoms with Crippen LogP contribution < -0.4 is 0 Å². The predicted molar refractivity (Wildman–Crippen MR) is 357 cm³/mol. The fraction of sp³-hybridized carbons (Fsp3) is 0. The zero-order valence-electron chi connectivity index (χ0n) is 45.7. The molecule has 0 saturated carbocycles. The van der Waals surface area contributed by atoms with Crippen molar-refractivity contribution in [3.05, 3.63) is 291 Å². The zero-order valence-corrected chi connectivity index (χ0v) is 45.7. The molecule has 0 aliphatic heterocycles. The Morgan fingerprint density at radius 3 is 0.857 bits per heavy atom. The predicted octanol–water partition coefficient (Wildman–Crippen LogP) is 23.6. The van der Waals surface area contributed by atoms with Gasteiger partial charge in [0.15, 0.2) is 0 Å². The summed E-state index contributed by atoms with van der Waals surface area (Å²) in [6.45, 7) is 0. The third kappa shape index (κ3) is 6.21. The standard InChI is InChI=1S/C84H48/c1-5-20-49(21-6-1)57-38-40-59(51-24-9-3-10-25-51)79-69-44-42-64(62-33-18-35-66(74(62)69)77(57)79)81-71-46-53-28-13-14-29-54(53)47-72(71)82(84-73-48-55-30-15-16-31-56(55)61-32-17-37-68(76(61)73)83(81)84)65-43-45-70-75-63(65)34-19-36-67(75)78-58(50-22-7-2-8-23-50)39-41-60(80(70)78)52-26-11-4-12-27-52/h1-48H. The van der Waals surface area contributed by atoms with Gasteiger partial charge < -0.3 is 0 Å². The first-order valence-corrected chi connectivity index (χ1v) is 29.4. The van der Waals surface area contributed by atoms with Gasteiger partial charge in [-0.05, 0) is 216 Å². The van der Waals surface area contributed by atoms with Gasteiger partial charge in [-0.3, -0.25) is 0 Å². The van der Waals surface area contributed by atoms with E-state index >= 15 is 0 Å². The lowest BCUT2D eigenvalue weighted by Gasteiger charge is -2.23. The molecule has 0 heteroatoms. The number of benzene rings is 16. The Bertz CT molecular complexity index is 5410. The molecule has 0 aromatic heterocycles. The molecule has 19 rings (SSSR count). The lowest BCUT2D eigenvalue weighted by atomic mass is 9.79. The molecule has 0 saturated heterocycles. The van der Waals surface area contributed by atoms with Crippen molar-refractivity contribution in [3.8, 4) is 134 Å². The summed E-state index contributed by atoms with van der Waals surface area (Å²) in [5.74, 6) is 0. The summed E-state index contributed by atoms with van der Waals surface area (Å²) in [5, 5.41) is 15.3. The van der Waals surface area contributed by atoms with E-state index in [-0.39, 0.29) is 0 Å². The molecule has 0 amide bonds. The van der Waals surface area contributed by atoms with Crippen molar-refractivity contribution in [1.82, 2.24) is 0 Å². The normalized spacial score (nSPS) is 12.3. The molecule has 3 aliphatic rings. The van der Waals surface area contributed by atoms with Crippen molar-refractivity contribution < 1.29 is 0 Å². The van der Waals surface area contributed by atoms with Crippen molar-refractivity contribution in [3.63, 3.8) is 0 Å². The molecule has 0 nitrogen and oxygen atoms in total. The van der Waals surface area contributed by atoms with E-state index in [1.807, 2.05) is 0 Å². The van der Waals surface area contributed by atoms with Crippen LogP contribution in [0, 0.1) is 0 Å². The van der Waals surface area contributed by atoms with E-state index in [1.165, 1.54) is 198 Å². The molecular weight excluding hydrogens is 1010 g/mol. The third-order valence-corrected chi connectivity index (χ3v) is 19.0. The van der Waals surface area contributed by atoms with Crippen molar-refractivity contribution in [1.29, 1.82) is 0 Å². The summed E-state index contributed by atoms with van der Waals surface area (Å²) in [5.41, 5.74) is 30.6. The summed E-state index contributed by atoms with van der Waals surface area (Å²) in [7, 11) is 0. The highest BCUT2D eigenvalue weighted by molar-refractivity contribution is 6.35. The van der Waals surface area contributed by atoms with Gasteiger partial charge in [0.2, 0.25) is 0 Å². The first kappa shape index (κ1) is 45.8. The minimum Gasteiger partial charge on any atom is -0.0622 e. The fourth-order valence-electron chi connectivity index (χ4n) is 15.7. The minimum absolute atomic E-state index is 1.22. The van der Waals surface area contributed by atoms with E-state index in [0.717, 1.165) is 0 Å². The van der Waals surface area contributed by atoms with Crippen molar-refractivity contribution in [2.45, 2.75) is 0 Å². The quantitative estimate of drug-likeness (QED) is 0.115. The minimum atomic E-state index is 1.22. The highest BCUT2D eigenvalue weighted by Crippen LogP contribution is 2.64. The maximum atomic E-state index is 2.53. The van der Waals surface area contributed by atoms with Crippen molar-refractivity contribution in [2.75, 3.05) is 0 Å². The molecule has 0 fully saturated rings. The molecule has 0 spiro atoms. The van der Waals surface area contributed by atoms with Gasteiger partial charge in [0.1, 0.15) is 0 Å². The molecule has 0 radical (unpaired) electrons. The summed E-state index contributed by atoms with van der Waals surface area (Å²) in [4.78, 5) is 0. The van der Waals surface area contributed by atoms with Crippen molar-refractivity contribution in [2.24, 2.45) is 0 Å². The molecule has 84 heavy (non-hydrogen) atoms. The molecule has 16 aromatic carbocycles. The van der Waals surface area contributed by atoms with Crippen LogP contribution in [0.1, 0.15) is 0 Å². The Hall–Kier alpha value is -10.9. The second kappa shape index (κ2) is 17.3. The first-order chi connectivity index (χ1) is 41.7. The molecule has 3 aliphatic carbocycles. The lowest BCUT2D eigenvalue weighted by Crippen LogP contribution is -1.96. The van der Waals surface area contributed by atoms with Gasteiger partial charge in [-0.1, -0.05) is 273 Å². The van der Waals surface area contributed by atoms with Crippen molar-refractivity contribution >= 4 is 64.6 Å². The second-order valence-electron chi connectivity index (χ2n) is 23.2. The van der Waals surface area contributed by atoms with Gasteiger partial charge >= 0.3 is 0 Å². The highest BCUT2D eigenvalue weighted by Gasteiger charge is 2.36. The molecule has 0 heterocycles. The number of hydrogen-bond acceptors (Lipinski definition) is 0. The Morgan fingerprint density at radius 2 is 0.429 bits per heavy atom. The molecule has 0 atom stereocenters. The molecular formula is C84H48. The van der Waals surface area contributed by atoms with Gasteiger partial charge in [-0.15, -0.1) is 0 Å². The van der Waals surface area contributed by atoms with Gasteiger partial charge in [0, 0.05) is 0 Å². The van der Waals surface area contributed by atoms with Crippen LogP contribution in [-0.4, -0.2) is 0 Å². The molecule has 0 unspecified atom stereocenters. The SMILES string of the molecule is c1ccc(-c2ccc(-c3ccccc3)c3c2-c2cccc4c(-c5c6c(c(-c7ccc8c9c(cccc79)-c7c(-c9ccccc9)ccc(-c9ccccc9)c7-8)c7cc8ccccc8cc57)-c5cc7ccccc7c7cccc-6c57)ccc-3c24)cc1. The van der Waals surface area contributed by atoms with Crippen LogP contribution in [-0.2, 0) is 0 Å². The van der Waals surface area contributed by atoms with E-state index in [0.29, 0.717) is 0 Å². The topological polar surface area (TPSA) is 0 Å². The van der Waals surface area contributed by atoms with E-state index in [2.05, 4.69) is 291 Å². The van der Waals surface area contributed by atoms with Crippen LogP contribution in [0.4, 0.5) is 0 Å². The number of hydrogen-bond donors (Lipinski definition) is 0. The Balaban J connectivity index is 0.956. The summed E-state index contributed by atoms with van der Waals surface area (Å²) in [6.07, 6.45) is 0. The van der Waals surface area contributed by atoms with Crippen LogP contribution in [0.15, 0.2) is 291 Å². The fourth-order valence-corrected chi connectivity index (χ4v) is 15.7. The first-order valence-electron chi connectivity index (χ1n) is 29.4. The van der Waals surface area contributed by atoms with E-state index < -0.39 is 0 Å². The summed E-state index contributed by atoms with van der Waals surface area (Å²) >= 11 is 0. The molecule has 0 bridgehead atoms. The Kier molecular flexibility index (Phi) is 9.43. The van der Waals surface area contributed by atoms with E-state index in [9.17, 15) is 0 Å². The van der Waals surface area contributed by atoms with Gasteiger partial charge in [0.25, 0.3) is 0 Å². The van der Waals surface area contributed by atoms with Gasteiger partial charge in [-0.25, -0.2) is 0 Å². The van der Waals surface area contributed by atoms with E-state index in [1.54, 1.807) is 0 Å². The smallest absolute Gasteiger partial charge is 0.000696 e. The van der Waals surface area contributed by atoms with Crippen LogP contribution in [0.5, 0.6) is 0 Å². The summed E-state index contributed by atoms with van der Waals surface area (Å²) in [6, 6.07) is 110. The molecule has 0 N–H and O–H groups in total. The highest BCUT2D eigenvalue weighted by atomic mass is 14.4. The van der Waals surface area contributed by atoms with Crippen LogP contribution in [0.2, 0.25) is 0 Å². The average Bonchev–Trinajstić information content (AvgIpc) is 1.62. The molecule has 16 aromatic rings. The second-order valence-corrected chi connectivity index (χ2v) is 23.2. The Morgan fingerprint density at radius 1 is 0.131 bits per heavy atom. The zero-order chi connectivity index (χ0) is 54.7. The number of rotatable bonds is 6. The lowest BCUT2D eigenvalue weighted by molar-refractivity contribution is 1.59. The monoisotopic (exact) mass is 1060 g/mol. The number of fused-ring (bicyclic) bond motifs is 13. The maximum Gasteiger partial charge on any atom is -0.000696 e. The maximum absolute atomic E-state index is 2.53. The van der Waals surface area contributed by atoms with Gasteiger partial charge in [-0.2, -0.15) is 0 Å². The average molecular weight is 1060 g/mol. The summed E-state index contributed by atoms with van der Waals surface area (Å²) < 4.78 is 0. The Labute approximate surface area is 486 Å². The van der Waals surface area contributed by atoms with Crippen LogP contribution >= 0.6 is 0 Å². The third-order valence-electron chi connectivity index (χ3n) is 19.0. The van der Waals surface area contributed by atoms with Crippen LogP contribution in [0.3, 0.4) is 0 Å². The van der Waals surface area contributed by atoms with Crippen LogP contribution in [0.25, 0.3) is 198 Å². The van der Waals surface area contributed by atoms with E-state index in [4.69, 9.17) is 0 Å². The van der Waals surface area contributed by atoms with Gasteiger partial charge in [0.05, 0.1) is 0 Å². The molecule has 384 valence electrons.